The zero-order valence-corrected chi connectivity index (χ0v) is 13.7. The normalized spacial score (nSPS) is 16.0. The zero-order valence-electron chi connectivity index (χ0n) is 12.2. The van der Waals surface area contributed by atoms with Gasteiger partial charge in [0.2, 0.25) is 0 Å². The van der Waals surface area contributed by atoms with Gasteiger partial charge in [-0.05, 0) is 55.3 Å². The molecule has 1 atom stereocenters. The summed E-state index contributed by atoms with van der Waals surface area (Å²) in [4.78, 5) is 0. The van der Waals surface area contributed by atoms with Crippen molar-refractivity contribution in [3.63, 3.8) is 0 Å². The second-order valence-corrected chi connectivity index (χ2v) is 6.43. The fourth-order valence-electron chi connectivity index (χ4n) is 2.50. The summed E-state index contributed by atoms with van der Waals surface area (Å²) in [5.74, 6) is -1.07. The van der Waals surface area contributed by atoms with Gasteiger partial charge in [-0.2, -0.15) is 0 Å². The number of halogens is 4. The molecular formula is C17H15Cl2F2NO. The van der Waals surface area contributed by atoms with E-state index in [1.165, 1.54) is 6.07 Å². The van der Waals surface area contributed by atoms with Gasteiger partial charge in [-0.3, -0.25) is 0 Å². The fraction of sp³-hybridized carbons (Fsp3) is 0.294. The van der Waals surface area contributed by atoms with Crippen molar-refractivity contribution in [3.05, 3.63) is 63.6 Å². The zero-order chi connectivity index (χ0) is 16.4. The molecule has 0 bridgehead atoms. The molecule has 0 aliphatic carbocycles. The van der Waals surface area contributed by atoms with Crippen LogP contribution >= 0.6 is 23.2 Å². The van der Waals surface area contributed by atoms with Crippen LogP contribution in [0.25, 0.3) is 0 Å². The van der Waals surface area contributed by atoms with Crippen LogP contribution in [-0.4, -0.2) is 13.1 Å². The first-order valence-corrected chi connectivity index (χ1v) is 8.06. The number of ether oxygens (including phenoxy) is 1. The second-order valence-electron chi connectivity index (χ2n) is 5.62. The van der Waals surface area contributed by atoms with Crippen molar-refractivity contribution in [3.8, 4) is 5.75 Å². The van der Waals surface area contributed by atoms with Crippen LogP contribution in [0.5, 0.6) is 5.75 Å². The van der Waals surface area contributed by atoms with E-state index in [4.69, 9.17) is 27.9 Å². The molecule has 0 aromatic heterocycles. The summed E-state index contributed by atoms with van der Waals surface area (Å²) < 4.78 is 32.3. The Bertz CT molecular complexity index is 707. The lowest BCUT2D eigenvalue weighted by molar-refractivity contribution is 0.149. The Morgan fingerprint density at radius 1 is 1.04 bits per heavy atom. The summed E-state index contributed by atoms with van der Waals surface area (Å²) in [5.41, 5.74) is 0.857. The van der Waals surface area contributed by atoms with Gasteiger partial charge >= 0.3 is 0 Å². The van der Waals surface area contributed by atoms with E-state index >= 15 is 0 Å². The molecule has 1 heterocycles. The van der Waals surface area contributed by atoms with Crippen LogP contribution in [0.15, 0.2) is 36.4 Å². The molecule has 0 saturated carbocycles. The standard InChI is InChI=1S/C17H15Cl2F2NO/c18-13-3-1-11(6-14(13)19)17(5-10-8-22-9-10)23-12-2-4-15(20)16(21)7-12/h1-4,6-7,10,17,22H,5,8-9H2. The Balaban J connectivity index is 1.84. The summed E-state index contributed by atoms with van der Waals surface area (Å²) in [6.07, 6.45) is 0.450. The second kappa shape index (κ2) is 7.04. The highest BCUT2D eigenvalue weighted by Crippen LogP contribution is 2.33. The molecule has 6 heteroatoms. The lowest BCUT2D eigenvalue weighted by Crippen LogP contribution is -2.43. The van der Waals surface area contributed by atoms with E-state index in [9.17, 15) is 8.78 Å². The van der Waals surface area contributed by atoms with Gasteiger partial charge < -0.3 is 10.1 Å². The molecule has 122 valence electrons. The molecule has 1 unspecified atom stereocenters. The van der Waals surface area contributed by atoms with Crippen molar-refractivity contribution < 1.29 is 13.5 Å². The number of rotatable bonds is 5. The van der Waals surface area contributed by atoms with Crippen LogP contribution in [0.2, 0.25) is 10.0 Å². The van der Waals surface area contributed by atoms with Gasteiger partial charge in [-0.1, -0.05) is 29.3 Å². The number of benzene rings is 2. The van der Waals surface area contributed by atoms with Crippen molar-refractivity contribution in [1.29, 1.82) is 0 Å². The van der Waals surface area contributed by atoms with Crippen molar-refractivity contribution in [2.45, 2.75) is 12.5 Å². The van der Waals surface area contributed by atoms with E-state index in [0.29, 0.717) is 16.0 Å². The van der Waals surface area contributed by atoms with Gasteiger partial charge in [-0.15, -0.1) is 0 Å². The summed E-state index contributed by atoms with van der Waals surface area (Å²) >= 11 is 12.0. The monoisotopic (exact) mass is 357 g/mol. The molecule has 1 aliphatic rings. The Morgan fingerprint density at radius 2 is 1.83 bits per heavy atom. The lowest BCUT2D eigenvalue weighted by Gasteiger charge is -2.31. The fourth-order valence-corrected chi connectivity index (χ4v) is 2.80. The predicted molar refractivity (Wildman–Crippen MR) is 87.2 cm³/mol. The molecule has 2 aromatic rings. The minimum atomic E-state index is -0.930. The average molecular weight is 358 g/mol. The third-order valence-electron chi connectivity index (χ3n) is 3.90. The number of nitrogens with one attached hydrogen (secondary N) is 1. The van der Waals surface area contributed by atoms with E-state index in [-0.39, 0.29) is 11.9 Å². The van der Waals surface area contributed by atoms with E-state index in [0.717, 1.165) is 37.2 Å². The summed E-state index contributed by atoms with van der Waals surface area (Å²) in [7, 11) is 0. The van der Waals surface area contributed by atoms with E-state index < -0.39 is 11.6 Å². The largest absolute Gasteiger partial charge is 0.486 e. The van der Waals surface area contributed by atoms with Crippen molar-refractivity contribution in [2.24, 2.45) is 5.92 Å². The van der Waals surface area contributed by atoms with Crippen LogP contribution in [0, 0.1) is 17.6 Å². The van der Waals surface area contributed by atoms with Crippen molar-refractivity contribution in [1.82, 2.24) is 5.32 Å². The SMILES string of the molecule is Fc1ccc(OC(CC2CNC2)c2ccc(Cl)c(Cl)c2)cc1F. The minimum Gasteiger partial charge on any atom is -0.486 e. The van der Waals surface area contributed by atoms with Crippen molar-refractivity contribution >= 4 is 23.2 Å². The molecule has 1 saturated heterocycles. The molecule has 0 amide bonds. The first-order valence-electron chi connectivity index (χ1n) is 7.30. The Kier molecular flexibility index (Phi) is 5.05. The summed E-state index contributed by atoms with van der Waals surface area (Å²) in [5, 5.41) is 4.11. The molecule has 0 spiro atoms. The van der Waals surface area contributed by atoms with Crippen LogP contribution in [-0.2, 0) is 0 Å². The van der Waals surface area contributed by atoms with E-state index in [2.05, 4.69) is 5.32 Å². The molecule has 2 nitrogen and oxygen atoms in total. The molecule has 1 fully saturated rings. The van der Waals surface area contributed by atoms with Gasteiger partial charge in [0.05, 0.1) is 10.0 Å². The Morgan fingerprint density at radius 3 is 2.43 bits per heavy atom. The van der Waals surface area contributed by atoms with Crippen LogP contribution < -0.4 is 10.1 Å². The first-order chi connectivity index (χ1) is 11.0. The molecule has 3 rings (SSSR count). The van der Waals surface area contributed by atoms with Gasteiger partial charge in [-0.25, -0.2) is 8.78 Å². The summed E-state index contributed by atoms with van der Waals surface area (Å²) in [6.45, 7) is 1.83. The highest BCUT2D eigenvalue weighted by Gasteiger charge is 2.25. The smallest absolute Gasteiger partial charge is 0.162 e. The minimum absolute atomic E-state index is 0.284. The lowest BCUT2D eigenvalue weighted by atomic mass is 9.92. The van der Waals surface area contributed by atoms with E-state index in [1.807, 2.05) is 6.07 Å². The van der Waals surface area contributed by atoms with Crippen LogP contribution in [0.1, 0.15) is 18.1 Å². The third-order valence-corrected chi connectivity index (χ3v) is 4.64. The first kappa shape index (κ1) is 16.5. The quantitative estimate of drug-likeness (QED) is 0.812. The summed E-state index contributed by atoms with van der Waals surface area (Å²) in [6, 6.07) is 8.83. The molecule has 1 aliphatic heterocycles. The number of hydrogen-bond donors (Lipinski definition) is 1. The maximum atomic E-state index is 13.4. The highest BCUT2D eigenvalue weighted by atomic mass is 35.5. The molecule has 23 heavy (non-hydrogen) atoms. The van der Waals surface area contributed by atoms with Crippen LogP contribution in [0.4, 0.5) is 8.78 Å². The van der Waals surface area contributed by atoms with E-state index in [1.54, 1.807) is 12.1 Å². The van der Waals surface area contributed by atoms with Gasteiger partial charge in [0.15, 0.2) is 11.6 Å². The Labute approximate surface area is 143 Å². The Hall–Kier alpha value is -1.36. The average Bonchev–Trinajstić information content (AvgIpc) is 2.48. The van der Waals surface area contributed by atoms with Gasteiger partial charge in [0.1, 0.15) is 11.9 Å². The predicted octanol–water partition coefficient (Wildman–Crippen LogP) is 5.00. The molecular weight excluding hydrogens is 343 g/mol. The number of hydrogen-bond acceptors (Lipinski definition) is 2. The highest BCUT2D eigenvalue weighted by molar-refractivity contribution is 6.42. The molecule has 2 aromatic carbocycles. The van der Waals surface area contributed by atoms with Crippen LogP contribution in [0.3, 0.4) is 0 Å². The molecule has 0 radical (unpaired) electrons. The van der Waals surface area contributed by atoms with Crippen molar-refractivity contribution in [2.75, 3.05) is 13.1 Å². The molecule has 1 N–H and O–H groups in total. The topological polar surface area (TPSA) is 21.3 Å². The van der Waals surface area contributed by atoms with Gasteiger partial charge in [0, 0.05) is 6.07 Å². The maximum Gasteiger partial charge on any atom is 0.162 e. The van der Waals surface area contributed by atoms with Gasteiger partial charge in [0.25, 0.3) is 0 Å². The third kappa shape index (κ3) is 3.94. The maximum absolute atomic E-state index is 13.4.